The van der Waals surface area contributed by atoms with Crippen LogP contribution in [0.3, 0.4) is 0 Å². The number of benzene rings is 1. The molecule has 1 fully saturated rings. The van der Waals surface area contributed by atoms with Crippen LogP contribution in [-0.4, -0.2) is 37.4 Å². The SMILES string of the molecule is c1cnc2ccc(COCC3CNCCO3)cc2c1. The average Bonchev–Trinajstić information content (AvgIpc) is 2.48. The minimum absolute atomic E-state index is 0.177. The first-order chi connectivity index (χ1) is 9.42. The Morgan fingerprint density at radius 2 is 2.37 bits per heavy atom. The number of nitrogens with one attached hydrogen (secondary N) is 1. The Kier molecular flexibility index (Phi) is 4.03. The Bertz CT molecular complexity index is 538. The van der Waals surface area contributed by atoms with Gasteiger partial charge >= 0.3 is 0 Å². The third-order valence-electron chi connectivity index (χ3n) is 3.24. The first kappa shape index (κ1) is 12.5. The molecule has 100 valence electrons. The van der Waals surface area contributed by atoms with Gasteiger partial charge in [-0.15, -0.1) is 0 Å². The third kappa shape index (κ3) is 3.29. The molecule has 2 aromatic rings. The van der Waals surface area contributed by atoms with Crippen molar-refractivity contribution < 1.29 is 9.47 Å². The molecule has 1 unspecified atom stereocenters. The molecule has 4 nitrogen and oxygen atoms in total. The molecule has 1 atom stereocenters. The Hall–Kier alpha value is -1.49. The van der Waals surface area contributed by atoms with Crippen LogP contribution in [0.25, 0.3) is 10.9 Å². The molecule has 1 aromatic carbocycles. The van der Waals surface area contributed by atoms with Crippen LogP contribution >= 0.6 is 0 Å². The second-order valence-electron chi connectivity index (χ2n) is 4.74. The molecule has 1 aliphatic heterocycles. The number of aromatic nitrogens is 1. The van der Waals surface area contributed by atoms with Crippen molar-refractivity contribution in [1.29, 1.82) is 0 Å². The highest BCUT2D eigenvalue weighted by atomic mass is 16.5. The normalized spacial score (nSPS) is 19.7. The summed E-state index contributed by atoms with van der Waals surface area (Å²) >= 11 is 0. The number of pyridine rings is 1. The fourth-order valence-electron chi connectivity index (χ4n) is 2.25. The van der Waals surface area contributed by atoms with Gasteiger partial charge in [0, 0.05) is 24.7 Å². The summed E-state index contributed by atoms with van der Waals surface area (Å²) in [5.41, 5.74) is 2.19. The maximum Gasteiger partial charge on any atom is 0.0933 e. The Balaban J connectivity index is 1.56. The standard InChI is InChI=1S/C15H18N2O2/c1-2-13-8-12(3-4-15(13)17-5-1)10-18-11-14-9-16-6-7-19-14/h1-5,8,14,16H,6-7,9-11H2. The van der Waals surface area contributed by atoms with E-state index in [1.165, 1.54) is 5.56 Å². The zero-order chi connectivity index (χ0) is 12.9. The van der Waals surface area contributed by atoms with E-state index in [1.54, 1.807) is 0 Å². The molecule has 0 amide bonds. The lowest BCUT2D eigenvalue weighted by Gasteiger charge is -2.23. The summed E-state index contributed by atoms with van der Waals surface area (Å²) in [6.07, 6.45) is 1.99. The van der Waals surface area contributed by atoms with Gasteiger partial charge in [-0.05, 0) is 23.8 Å². The van der Waals surface area contributed by atoms with E-state index in [2.05, 4.69) is 28.5 Å². The molecule has 4 heteroatoms. The molecule has 1 aliphatic rings. The Morgan fingerprint density at radius 1 is 1.37 bits per heavy atom. The van der Waals surface area contributed by atoms with Crippen LogP contribution in [0.1, 0.15) is 5.56 Å². The summed E-state index contributed by atoms with van der Waals surface area (Å²) in [5.74, 6) is 0. The fourth-order valence-corrected chi connectivity index (χ4v) is 2.25. The molecular formula is C15H18N2O2. The molecule has 2 heterocycles. The van der Waals surface area contributed by atoms with E-state index in [0.29, 0.717) is 13.2 Å². The lowest BCUT2D eigenvalue weighted by atomic mass is 10.1. The molecule has 0 radical (unpaired) electrons. The van der Waals surface area contributed by atoms with Gasteiger partial charge < -0.3 is 14.8 Å². The highest BCUT2D eigenvalue weighted by molar-refractivity contribution is 5.78. The smallest absolute Gasteiger partial charge is 0.0933 e. The second-order valence-corrected chi connectivity index (χ2v) is 4.74. The van der Waals surface area contributed by atoms with Crippen LogP contribution in [0.4, 0.5) is 0 Å². The molecule has 1 N–H and O–H groups in total. The lowest BCUT2D eigenvalue weighted by molar-refractivity contribution is -0.0357. The van der Waals surface area contributed by atoms with Crippen molar-refractivity contribution in [1.82, 2.24) is 10.3 Å². The van der Waals surface area contributed by atoms with Crippen LogP contribution in [0.15, 0.2) is 36.5 Å². The highest BCUT2D eigenvalue weighted by Crippen LogP contribution is 2.14. The predicted molar refractivity (Wildman–Crippen MR) is 74.0 cm³/mol. The monoisotopic (exact) mass is 258 g/mol. The van der Waals surface area contributed by atoms with Crippen LogP contribution < -0.4 is 5.32 Å². The van der Waals surface area contributed by atoms with E-state index in [4.69, 9.17) is 9.47 Å². The Morgan fingerprint density at radius 3 is 3.26 bits per heavy atom. The van der Waals surface area contributed by atoms with Gasteiger partial charge in [-0.25, -0.2) is 0 Å². The molecule has 0 spiro atoms. The highest BCUT2D eigenvalue weighted by Gasteiger charge is 2.12. The molecule has 1 saturated heterocycles. The molecule has 0 aliphatic carbocycles. The molecule has 1 aromatic heterocycles. The minimum Gasteiger partial charge on any atom is -0.374 e. The molecular weight excluding hydrogens is 240 g/mol. The van der Waals surface area contributed by atoms with Crippen molar-refractivity contribution in [3.63, 3.8) is 0 Å². The number of hydrogen-bond acceptors (Lipinski definition) is 4. The van der Waals surface area contributed by atoms with Crippen molar-refractivity contribution in [2.24, 2.45) is 0 Å². The maximum atomic E-state index is 5.72. The van der Waals surface area contributed by atoms with Crippen molar-refractivity contribution in [2.45, 2.75) is 12.7 Å². The van der Waals surface area contributed by atoms with E-state index in [0.717, 1.165) is 30.6 Å². The van der Waals surface area contributed by atoms with E-state index >= 15 is 0 Å². The number of hydrogen-bond donors (Lipinski definition) is 1. The summed E-state index contributed by atoms with van der Waals surface area (Å²) in [7, 11) is 0. The molecule has 3 rings (SSSR count). The van der Waals surface area contributed by atoms with Crippen molar-refractivity contribution in [2.75, 3.05) is 26.3 Å². The van der Waals surface area contributed by atoms with Crippen LogP contribution in [0.5, 0.6) is 0 Å². The number of ether oxygens (including phenoxy) is 2. The van der Waals surface area contributed by atoms with Gasteiger partial charge in [0.05, 0.1) is 31.4 Å². The average molecular weight is 258 g/mol. The third-order valence-corrected chi connectivity index (χ3v) is 3.24. The lowest BCUT2D eigenvalue weighted by Crippen LogP contribution is -2.40. The van der Waals surface area contributed by atoms with Crippen LogP contribution in [-0.2, 0) is 16.1 Å². The zero-order valence-electron chi connectivity index (χ0n) is 10.8. The Labute approximate surface area is 112 Å². The van der Waals surface area contributed by atoms with E-state index in [-0.39, 0.29) is 6.10 Å². The van der Waals surface area contributed by atoms with Crippen molar-refractivity contribution >= 4 is 10.9 Å². The van der Waals surface area contributed by atoms with E-state index in [1.807, 2.05) is 18.3 Å². The van der Waals surface area contributed by atoms with E-state index in [9.17, 15) is 0 Å². The zero-order valence-corrected chi connectivity index (χ0v) is 10.8. The number of morpholine rings is 1. The predicted octanol–water partition coefficient (Wildman–Crippen LogP) is 1.74. The van der Waals surface area contributed by atoms with Crippen molar-refractivity contribution in [3.8, 4) is 0 Å². The number of nitrogens with zero attached hydrogens (tertiary/aromatic N) is 1. The summed E-state index contributed by atoms with van der Waals surface area (Å²) in [4.78, 5) is 4.31. The van der Waals surface area contributed by atoms with Gasteiger partial charge in [0.25, 0.3) is 0 Å². The molecule has 0 bridgehead atoms. The van der Waals surface area contributed by atoms with Gasteiger partial charge in [0.2, 0.25) is 0 Å². The van der Waals surface area contributed by atoms with Crippen molar-refractivity contribution in [3.05, 3.63) is 42.1 Å². The van der Waals surface area contributed by atoms with Crippen LogP contribution in [0, 0.1) is 0 Å². The molecule has 19 heavy (non-hydrogen) atoms. The van der Waals surface area contributed by atoms with Gasteiger partial charge in [0.1, 0.15) is 0 Å². The minimum atomic E-state index is 0.177. The summed E-state index contributed by atoms with van der Waals surface area (Å²) < 4.78 is 11.3. The topological polar surface area (TPSA) is 43.4 Å². The summed E-state index contributed by atoms with van der Waals surface area (Å²) in [6.45, 7) is 3.84. The second kappa shape index (κ2) is 6.10. The first-order valence-corrected chi connectivity index (χ1v) is 6.65. The first-order valence-electron chi connectivity index (χ1n) is 6.65. The number of fused-ring (bicyclic) bond motifs is 1. The van der Waals surface area contributed by atoms with Gasteiger partial charge in [-0.1, -0.05) is 12.1 Å². The number of rotatable bonds is 4. The van der Waals surface area contributed by atoms with E-state index < -0.39 is 0 Å². The van der Waals surface area contributed by atoms with Gasteiger partial charge in [-0.3, -0.25) is 4.98 Å². The maximum absolute atomic E-state index is 5.72. The van der Waals surface area contributed by atoms with Gasteiger partial charge in [-0.2, -0.15) is 0 Å². The largest absolute Gasteiger partial charge is 0.374 e. The van der Waals surface area contributed by atoms with Crippen LogP contribution in [0.2, 0.25) is 0 Å². The molecule has 0 saturated carbocycles. The summed E-state index contributed by atoms with van der Waals surface area (Å²) in [5, 5.41) is 4.45. The van der Waals surface area contributed by atoms with Gasteiger partial charge in [0.15, 0.2) is 0 Å². The quantitative estimate of drug-likeness (QED) is 0.907. The fraction of sp³-hybridized carbons (Fsp3) is 0.400. The summed E-state index contributed by atoms with van der Waals surface area (Å²) in [6, 6.07) is 10.2.